The zero-order valence-corrected chi connectivity index (χ0v) is 9.97. The monoisotopic (exact) mass is 226 g/mol. The summed E-state index contributed by atoms with van der Waals surface area (Å²) in [7, 11) is 0. The Morgan fingerprint density at radius 3 is 2.65 bits per heavy atom. The zero-order chi connectivity index (χ0) is 11.5. The molecular formula is C15H18N2. The average Bonchev–Trinajstić information content (AvgIpc) is 3.09. The SMILES string of the molecule is c1ccc(Cn2ccc(CNC3CC3)c2)cc1. The number of nitrogens with zero attached hydrogens (tertiary/aromatic N) is 1. The third-order valence-electron chi connectivity index (χ3n) is 3.19. The summed E-state index contributed by atoms with van der Waals surface area (Å²) in [5.74, 6) is 0. The Bertz CT molecular complexity index is 469. The van der Waals surface area contributed by atoms with Crippen LogP contribution in [-0.4, -0.2) is 10.6 Å². The lowest BCUT2D eigenvalue weighted by molar-refractivity contribution is 0.685. The Morgan fingerprint density at radius 1 is 1.06 bits per heavy atom. The maximum Gasteiger partial charge on any atom is 0.0470 e. The number of benzene rings is 1. The third-order valence-corrected chi connectivity index (χ3v) is 3.19. The van der Waals surface area contributed by atoms with Crippen molar-refractivity contribution in [2.24, 2.45) is 0 Å². The van der Waals surface area contributed by atoms with Crippen LogP contribution in [0.2, 0.25) is 0 Å². The molecule has 0 unspecified atom stereocenters. The lowest BCUT2D eigenvalue weighted by Gasteiger charge is -2.03. The van der Waals surface area contributed by atoms with Crippen molar-refractivity contribution in [1.82, 2.24) is 9.88 Å². The summed E-state index contributed by atoms with van der Waals surface area (Å²) in [6.07, 6.45) is 7.11. The third kappa shape index (κ3) is 2.98. The van der Waals surface area contributed by atoms with E-state index in [1.807, 2.05) is 0 Å². The largest absolute Gasteiger partial charge is 0.350 e. The lowest BCUT2D eigenvalue weighted by Crippen LogP contribution is -2.14. The van der Waals surface area contributed by atoms with Gasteiger partial charge in [-0.1, -0.05) is 30.3 Å². The first-order valence-corrected chi connectivity index (χ1v) is 6.32. The van der Waals surface area contributed by atoms with E-state index in [1.54, 1.807) is 0 Å². The molecule has 0 spiro atoms. The summed E-state index contributed by atoms with van der Waals surface area (Å²) < 4.78 is 2.25. The van der Waals surface area contributed by atoms with Crippen molar-refractivity contribution >= 4 is 0 Å². The normalized spacial score (nSPS) is 15.1. The minimum Gasteiger partial charge on any atom is -0.350 e. The maximum atomic E-state index is 3.54. The smallest absolute Gasteiger partial charge is 0.0470 e. The molecule has 2 nitrogen and oxygen atoms in total. The molecule has 88 valence electrons. The van der Waals surface area contributed by atoms with Gasteiger partial charge in [0.1, 0.15) is 0 Å². The second-order valence-corrected chi connectivity index (χ2v) is 4.83. The predicted molar refractivity (Wildman–Crippen MR) is 69.8 cm³/mol. The molecule has 1 aromatic heterocycles. The molecule has 3 rings (SSSR count). The first kappa shape index (κ1) is 10.6. The molecule has 0 radical (unpaired) electrons. The second kappa shape index (κ2) is 4.76. The Morgan fingerprint density at radius 2 is 1.88 bits per heavy atom. The Kier molecular flexibility index (Phi) is 2.97. The number of rotatable bonds is 5. The first-order chi connectivity index (χ1) is 8.40. The van der Waals surface area contributed by atoms with E-state index in [1.165, 1.54) is 24.0 Å². The summed E-state index contributed by atoms with van der Waals surface area (Å²) in [5.41, 5.74) is 2.73. The highest BCUT2D eigenvalue weighted by atomic mass is 15.0. The van der Waals surface area contributed by atoms with Crippen molar-refractivity contribution in [3.8, 4) is 0 Å². The highest BCUT2D eigenvalue weighted by molar-refractivity contribution is 5.17. The number of aromatic nitrogens is 1. The van der Waals surface area contributed by atoms with Crippen LogP contribution in [-0.2, 0) is 13.1 Å². The van der Waals surface area contributed by atoms with Gasteiger partial charge in [-0.05, 0) is 30.0 Å². The fourth-order valence-electron chi connectivity index (χ4n) is 2.04. The molecule has 1 fully saturated rings. The van der Waals surface area contributed by atoms with Crippen LogP contribution in [0.4, 0.5) is 0 Å². The molecule has 0 aliphatic heterocycles. The molecule has 0 atom stereocenters. The molecular weight excluding hydrogens is 208 g/mol. The van der Waals surface area contributed by atoms with Gasteiger partial charge in [-0.2, -0.15) is 0 Å². The fraction of sp³-hybridized carbons (Fsp3) is 0.333. The van der Waals surface area contributed by atoms with Crippen molar-refractivity contribution in [3.63, 3.8) is 0 Å². The molecule has 1 aliphatic carbocycles. The van der Waals surface area contributed by atoms with E-state index in [-0.39, 0.29) is 0 Å². The van der Waals surface area contributed by atoms with Gasteiger partial charge < -0.3 is 9.88 Å². The van der Waals surface area contributed by atoms with Gasteiger partial charge in [-0.15, -0.1) is 0 Å². The van der Waals surface area contributed by atoms with E-state index in [9.17, 15) is 0 Å². The molecule has 1 heterocycles. The van der Waals surface area contributed by atoms with Gasteiger partial charge in [0.05, 0.1) is 0 Å². The minimum atomic E-state index is 0.785. The molecule has 2 aromatic rings. The van der Waals surface area contributed by atoms with Crippen LogP contribution in [0.1, 0.15) is 24.0 Å². The zero-order valence-electron chi connectivity index (χ0n) is 9.97. The Hall–Kier alpha value is -1.54. The van der Waals surface area contributed by atoms with E-state index in [4.69, 9.17) is 0 Å². The summed E-state index contributed by atoms with van der Waals surface area (Å²) in [6.45, 7) is 1.97. The standard InChI is InChI=1S/C15H18N2/c1-2-4-13(5-3-1)11-17-9-8-14(12-17)10-16-15-6-7-15/h1-5,8-9,12,15-16H,6-7,10-11H2. The molecule has 0 amide bonds. The fourth-order valence-corrected chi connectivity index (χ4v) is 2.04. The highest BCUT2D eigenvalue weighted by Gasteiger charge is 2.19. The van der Waals surface area contributed by atoms with Crippen molar-refractivity contribution in [1.29, 1.82) is 0 Å². The lowest BCUT2D eigenvalue weighted by atomic mass is 10.2. The predicted octanol–water partition coefficient (Wildman–Crippen LogP) is 2.79. The average molecular weight is 226 g/mol. The molecule has 1 aromatic carbocycles. The van der Waals surface area contributed by atoms with Crippen LogP contribution in [0, 0.1) is 0 Å². The van der Waals surface area contributed by atoms with Crippen LogP contribution < -0.4 is 5.32 Å². The Labute approximate surface area is 102 Å². The Balaban J connectivity index is 1.59. The number of hydrogen-bond donors (Lipinski definition) is 1. The van der Waals surface area contributed by atoms with Crippen LogP contribution in [0.25, 0.3) is 0 Å². The first-order valence-electron chi connectivity index (χ1n) is 6.32. The molecule has 0 saturated heterocycles. The topological polar surface area (TPSA) is 17.0 Å². The summed E-state index contributed by atoms with van der Waals surface area (Å²) in [4.78, 5) is 0. The van der Waals surface area contributed by atoms with E-state index >= 15 is 0 Å². The molecule has 1 saturated carbocycles. The number of hydrogen-bond acceptors (Lipinski definition) is 1. The molecule has 0 bridgehead atoms. The van der Waals surface area contributed by atoms with E-state index < -0.39 is 0 Å². The summed E-state index contributed by atoms with van der Waals surface area (Å²) in [5, 5.41) is 3.54. The molecule has 17 heavy (non-hydrogen) atoms. The van der Waals surface area contributed by atoms with Crippen LogP contribution >= 0.6 is 0 Å². The van der Waals surface area contributed by atoms with Gasteiger partial charge >= 0.3 is 0 Å². The van der Waals surface area contributed by atoms with Crippen LogP contribution in [0.15, 0.2) is 48.8 Å². The number of nitrogens with one attached hydrogen (secondary N) is 1. The van der Waals surface area contributed by atoms with Crippen molar-refractivity contribution < 1.29 is 0 Å². The van der Waals surface area contributed by atoms with Gasteiger partial charge in [0, 0.05) is 31.5 Å². The van der Waals surface area contributed by atoms with E-state index in [0.29, 0.717) is 0 Å². The summed E-state index contributed by atoms with van der Waals surface area (Å²) in [6, 6.07) is 13.6. The van der Waals surface area contributed by atoms with Crippen LogP contribution in [0.5, 0.6) is 0 Å². The maximum absolute atomic E-state index is 3.54. The molecule has 1 N–H and O–H groups in total. The minimum absolute atomic E-state index is 0.785. The van der Waals surface area contributed by atoms with Gasteiger partial charge in [0.15, 0.2) is 0 Å². The van der Waals surface area contributed by atoms with Gasteiger partial charge in [-0.3, -0.25) is 0 Å². The van der Waals surface area contributed by atoms with E-state index in [0.717, 1.165) is 19.1 Å². The van der Waals surface area contributed by atoms with E-state index in [2.05, 4.69) is 58.7 Å². The second-order valence-electron chi connectivity index (χ2n) is 4.83. The van der Waals surface area contributed by atoms with Crippen molar-refractivity contribution in [2.75, 3.05) is 0 Å². The van der Waals surface area contributed by atoms with Crippen molar-refractivity contribution in [2.45, 2.75) is 32.0 Å². The summed E-state index contributed by atoms with van der Waals surface area (Å²) >= 11 is 0. The van der Waals surface area contributed by atoms with Gasteiger partial charge in [0.2, 0.25) is 0 Å². The highest BCUT2D eigenvalue weighted by Crippen LogP contribution is 2.19. The van der Waals surface area contributed by atoms with Crippen LogP contribution in [0.3, 0.4) is 0 Å². The van der Waals surface area contributed by atoms with Gasteiger partial charge in [0.25, 0.3) is 0 Å². The van der Waals surface area contributed by atoms with Gasteiger partial charge in [-0.25, -0.2) is 0 Å². The quantitative estimate of drug-likeness (QED) is 0.829. The molecule has 1 aliphatic rings. The molecule has 2 heteroatoms. The van der Waals surface area contributed by atoms with Crippen molar-refractivity contribution in [3.05, 3.63) is 59.9 Å².